The molecule has 0 aliphatic rings. The zero-order valence-corrected chi connectivity index (χ0v) is 22.4. The molecular weight excluding hydrogens is 376 g/mol. The fourth-order valence-corrected chi connectivity index (χ4v) is 3.27. The number of hydrogen-bond donors (Lipinski definition) is 0. The van der Waals surface area contributed by atoms with Crippen LogP contribution in [-0.2, 0) is 0 Å². The predicted molar refractivity (Wildman–Crippen MR) is 140 cm³/mol. The minimum Gasteiger partial charge on any atom is -0.282 e. The van der Waals surface area contributed by atoms with Gasteiger partial charge in [-0.2, -0.15) is 0 Å². The lowest BCUT2D eigenvalue weighted by Gasteiger charge is -2.37. The molecule has 0 saturated carbocycles. The molecule has 0 N–H and O–H groups in total. The van der Waals surface area contributed by atoms with E-state index >= 15 is 0 Å². The van der Waals surface area contributed by atoms with E-state index in [9.17, 15) is 0 Å². The minimum absolute atomic E-state index is 0.709. The highest BCUT2D eigenvalue weighted by atomic mass is 15.5. The minimum atomic E-state index is 0.709. The highest BCUT2D eigenvalue weighted by molar-refractivity contribution is 5.19. The Labute approximate surface area is 195 Å². The van der Waals surface area contributed by atoms with Crippen molar-refractivity contribution in [3.05, 3.63) is 71.8 Å². The molecule has 0 aliphatic carbocycles. The summed E-state index contributed by atoms with van der Waals surface area (Å²) < 4.78 is 2.22. The molecule has 2 nitrogen and oxygen atoms in total. The largest absolute Gasteiger partial charge is 0.282 e. The van der Waals surface area contributed by atoms with Crippen molar-refractivity contribution in [3.63, 3.8) is 0 Å². The fourth-order valence-electron chi connectivity index (χ4n) is 3.27. The zero-order chi connectivity index (χ0) is 23.9. The first-order valence-electron chi connectivity index (χ1n) is 12.3. The SMILES string of the molecule is CCC(C)c1ccccc1.CCC(C)c1ccccc1.CC[N+](C)(C)C[N+](C)(C)CC. The van der Waals surface area contributed by atoms with Gasteiger partial charge in [-0.1, -0.05) is 88.4 Å². The van der Waals surface area contributed by atoms with Gasteiger partial charge in [-0.15, -0.1) is 0 Å². The molecule has 0 spiro atoms. The molecule has 0 aliphatic heterocycles. The summed E-state index contributed by atoms with van der Waals surface area (Å²) in [6, 6.07) is 21.3. The first-order chi connectivity index (χ1) is 14.5. The van der Waals surface area contributed by atoms with Crippen LogP contribution in [0.2, 0.25) is 0 Å². The second-order valence-electron chi connectivity index (χ2n) is 10.1. The van der Waals surface area contributed by atoms with E-state index in [0.29, 0.717) is 11.8 Å². The maximum Gasteiger partial charge on any atom is 0.206 e. The summed E-state index contributed by atoms with van der Waals surface area (Å²) in [7, 11) is 9.15. The normalized spacial score (nSPS) is 13.2. The van der Waals surface area contributed by atoms with Gasteiger partial charge in [0.25, 0.3) is 0 Å². The summed E-state index contributed by atoms with van der Waals surface area (Å²) in [6.45, 7) is 17.1. The van der Waals surface area contributed by atoms with Gasteiger partial charge < -0.3 is 0 Å². The van der Waals surface area contributed by atoms with E-state index in [0.717, 1.165) is 8.97 Å². The Bertz CT molecular complexity index is 602. The Morgan fingerprint density at radius 1 is 0.548 bits per heavy atom. The summed E-state index contributed by atoms with van der Waals surface area (Å²) >= 11 is 0. The molecule has 0 radical (unpaired) electrons. The van der Waals surface area contributed by atoms with Crippen molar-refractivity contribution in [2.24, 2.45) is 0 Å². The fraction of sp³-hybridized carbons (Fsp3) is 0.586. The molecule has 176 valence electrons. The van der Waals surface area contributed by atoms with Crippen LogP contribution in [0.5, 0.6) is 0 Å². The topological polar surface area (TPSA) is 0 Å². The number of nitrogens with zero attached hydrogens (tertiary/aromatic N) is 2. The number of quaternary nitrogens is 2. The van der Waals surface area contributed by atoms with Gasteiger partial charge in [0, 0.05) is 0 Å². The number of rotatable bonds is 8. The molecule has 2 atom stereocenters. The van der Waals surface area contributed by atoms with Crippen LogP contribution in [0, 0.1) is 0 Å². The third-order valence-electron chi connectivity index (χ3n) is 6.44. The maximum atomic E-state index is 2.29. The van der Waals surface area contributed by atoms with Crippen molar-refractivity contribution in [1.29, 1.82) is 0 Å². The summed E-state index contributed by atoms with van der Waals surface area (Å²) in [5, 5.41) is 0. The van der Waals surface area contributed by atoms with Crippen molar-refractivity contribution in [3.8, 4) is 0 Å². The monoisotopic (exact) mass is 428 g/mol. The molecule has 0 amide bonds. The van der Waals surface area contributed by atoms with Crippen molar-refractivity contribution in [2.75, 3.05) is 47.9 Å². The summed E-state index contributed by atoms with van der Waals surface area (Å²) in [4.78, 5) is 0. The molecule has 31 heavy (non-hydrogen) atoms. The predicted octanol–water partition coefficient (Wildman–Crippen LogP) is 7.54. The third kappa shape index (κ3) is 13.4. The van der Waals surface area contributed by atoms with Crippen LogP contribution < -0.4 is 0 Å². The highest BCUT2D eigenvalue weighted by Crippen LogP contribution is 2.17. The van der Waals surface area contributed by atoms with E-state index in [-0.39, 0.29) is 0 Å². The molecule has 2 rings (SSSR count). The van der Waals surface area contributed by atoms with Crippen molar-refractivity contribution in [2.45, 2.75) is 66.2 Å². The van der Waals surface area contributed by atoms with Gasteiger partial charge >= 0.3 is 0 Å². The molecule has 2 aromatic carbocycles. The first kappa shape index (κ1) is 29.4. The van der Waals surface area contributed by atoms with E-state index in [1.165, 1.54) is 43.7 Å². The Morgan fingerprint density at radius 3 is 1.06 bits per heavy atom. The average Bonchev–Trinajstić information content (AvgIpc) is 2.79. The van der Waals surface area contributed by atoms with Gasteiger partial charge in [0.15, 0.2) is 0 Å². The third-order valence-corrected chi connectivity index (χ3v) is 6.44. The van der Waals surface area contributed by atoms with Crippen LogP contribution >= 0.6 is 0 Å². The summed E-state index contributed by atoms with van der Waals surface area (Å²) in [5.41, 5.74) is 2.90. The average molecular weight is 429 g/mol. The van der Waals surface area contributed by atoms with Crippen LogP contribution in [0.15, 0.2) is 60.7 Å². The van der Waals surface area contributed by atoms with Crippen molar-refractivity contribution >= 4 is 0 Å². The van der Waals surface area contributed by atoms with E-state index in [4.69, 9.17) is 0 Å². The molecule has 0 heterocycles. The summed E-state index contributed by atoms with van der Waals surface area (Å²) in [5.74, 6) is 1.42. The quantitative estimate of drug-likeness (QED) is 0.301. The lowest BCUT2D eigenvalue weighted by Crippen LogP contribution is -2.55. The van der Waals surface area contributed by atoms with Crippen LogP contribution in [-0.4, -0.2) is 56.9 Å². The van der Waals surface area contributed by atoms with E-state index in [1.807, 2.05) is 0 Å². The van der Waals surface area contributed by atoms with Gasteiger partial charge in [-0.25, -0.2) is 0 Å². The van der Waals surface area contributed by atoms with Crippen LogP contribution in [0.25, 0.3) is 0 Å². The van der Waals surface area contributed by atoms with E-state index < -0.39 is 0 Å². The first-order valence-corrected chi connectivity index (χ1v) is 12.3. The molecule has 0 bridgehead atoms. The molecule has 0 saturated heterocycles. The molecule has 2 heteroatoms. The lowest BCUT2D eigenvalue weighted by molar-refractivity contribution is -1.07. The molecule has 0 fully saturated rings. The number of hydrogen-bond acceptors (Lipinski definition) is 0. The Morgan fingerprint density at radius 2 is 0.839 bits per heavy atom. The van der Waals surface area contributed by atoms with E-state index in [2.05, 4.69) is 130 Å². The second kappa shape index (κ2) is 15.2. The van der Waals surface area contributed by atoms with Crippen molar-refractivity contribution < 1.29 is 8.97 Å². The summed E-state index contributed by atoms with van der Waals surface area (Å²) in [6.07, 6.45) is 2.45. The van der Waals surface area contributed by atoms with Gasteiger partial charge in [0.2, 0.25) is 6.67 Å². The van der Waals surface area contributed by atoms with Gasteiger partial charge in [0.1, 0.15) is 0 Å². The Balaban J connectivity index is 0.000000436. The Hall–Kier alpha value is -1.64. The van der Waals surface area contributed by atoms with Gasteiger partial charge in [-0.05, 0) is 49.7 Å². The number of benzene rings is 2. The lowest BCUT2D eigenvalue weighted by atomic mass is 9.99. The van der Waals surface area contributed by atoms with Crippen molar-refractivity contribution in [1.82, 2.24) is 0 Å². The zero-order valence-electron chi connectivity index (χ0n) is 22.4. The van der Waals surface area contributed by atoms with Gasteiger partial charge in [-0.3, -0.25) is 8.97 Å². The molecule has 0 aromatic heterocycles. The molecule has 2 unspecified atom stereocenters. The smallest absolute Gasteiger partial charge is 0.206 e. The van der Waals surface area contributed by atoms with Gasteiger partial charge in [0.05, 0.1) is 41.3 Å². The Kier molecular flexibility index (Phi) is 14.4. The molecular formula is C29H52N2+2. The maximum absolute atomic E-state index is 2.29. The van der Waals surface area contributed by atoms with E-state index in [1.54, 1.807) is 0 Å². The highest BCUT2D eigenvalue weighted by Gasteiger charge is 2.23. The second-order valence-corrected chi connectivity index (χ2v) is 10.1. The standard InChI is InChI=1S/2C10H14.C9H24N2/c2*1-3-9(2)10-7-5-4-6-8-10;1-7-10(3,4)9-11(5,6)8-2/h2*4-9H,3H2,1-2H3;7-9H2,1-6H3/q;;+2. The molecule has 2 aromatic rings. The van der Waals surface area contributed by atoms with Crippen LogP contribution in [0.4, 0.5) is 0 Å². The van der Waals surface area contributed by atoms with Crippen LogP contribution in [0.1, 0.15) is 77.3 Å². The van der Waals surface area contributed by atoms with Crippen LogP contribution in [0.3, 0.4) is 0 Å².